The summed E-state index contributed by atoms with van der Waals surface area (Å²) < 4.78 is 0. The Kier molecular flexibility index (Phi) is 5.62. The van der Waals surface area contributed by atoms with E-state index in [1.54, 1.807) is 12.1 Å². The lowest BCUT2D eigenvalue weighted by molar-refractivity contribution is 0.103. The number of hydrogen-bond acceptors (Lipinski definition) is 2. The van der Waals surface area contributed by atoms with Gasteiger partial charge in [0.15, 0.2) is 5.78 Å². The normalized spacial score (nSPS) is 10.3. The van der Waals surface area contributed by atoms with Crippen LogP contribution in [-0.2, 0) is 0 Å². The van der Waals surface area contributed by atoms with E-state index in [1.807, 2.05) is 36.4 Å². The molecule has 2 aromatic carbocycles. The first-order chi connectivity index (χ1) is 9.72. The molecule has 2 nitrogen and oxygen atoms in total. The molecule has 2 aromatic rings. The van der Waals surface area contributed by atoms with Gasteiger partial charge in [0.25, 0.3) is 0 Å². The van der Waals surface area contributed by atoms with Gasteiger partial charge in [-0.1, -0.05) is 57.9 Å². The molecule has 0 fully saturated rings. The fourth-order valence-corrected chi connectivity index (χ4v) is 2.35. The molecule has 0 saturated carbocycles. The van der Waals surface area contributed by atoms with Gasteiger partial charge in [-0.25, -0.2) is 0 Å². The molecule has 0 heterocycles. The molecule has 20 heavy (non-hydrogen) atoms. The van der Waals surface area contributed by atoms with Gasteiger partial charge in [-0.05, 0) is 24.6 Å². The summed E-state index contributed by atoms with van der Waals surface area (Å²) in [5.41, 5.74) is 2.10. The predicted octanol–water partition coefficient (Wildman–Crippen LogP) is 4.77. The average molecular weight is 353 g/mol. The van der Waals surface area contributed by atoms with E-state index >= 15 is 0 Å². The van der Waals surface area contributed by atoms with Gasteiger partial charge in [0.1, 0.15) is 0 Å². The van der Waals surface area contributed by atoms with Crippen LogP contribution < -0.4 is 5.32 Å². The topological polar surface area (TPSA) is 29.1 Å². The molecule has 104 valence electrons. The number of ketones is 1. The molecule has 0 aromatic heterocycles. The molecule has 0 aliphatic rings. The minimum absolute atomic E-state index is 0.0190. The largest absolute Gasteiger partial charge is 0.384 e. The Morgan fingerprint density at radius 2 is 1.90 bits per heavy atom. The molecule has 0 unspecified atom stereocenters. The molecule has 4 heteroatoms. The third-order valence-electron chi connectivity index (χ3n) is 2.89. The van der Waals surface area contributed by atoms with Gasteiger partial charge in [0, 0.05) is 33.7 Å². The highest BCUT2D eigenvalue weighted by atomic mass is 79.9. The van der Waals surface area contributed by atoms with Crippen LogP contribution in [0.1, 0.15) is 22.3 Å². The number of alkyl halides is 1. The van der Waals surface area contributed by atoms with E-state index in [1.165, 1.54) is 0 Å². The third-order valence-corrected chi connectivity index (χ3v) is 3.68. The lowest BCUT2D eigenvalue weighted by atomic mass is 10.0. The zero-order valence-electron chi connectivity index (χ0n) is 10.9. The first-order valence-corrected chi connectivity index (χ1v) is 7.91. The number of carbonyl (C=O) groups excluding carboxylic acids is 1. The third kappa shape index (κ3) is 3.84. The molecule has 2 rings (SSSR count). The van der Waals surface area contributed by atoms with E-state index in [4.69, 9.17) is 11.6 Å². The fraction of sp³-hybridized carbons (Fsp3) is 0.188. The van der Waals surface area contributed by atoms with Gasteiger partial charge in [0.05, 0.1) is 0 Å². The van der Waals surface area contributed by atoms with E-state index in [9.17, 15) is 4.79 Å². The van der Waals surface area contributed by atoms with Gasteiger partial charge in [-0.15, -0.1) is 0 Å². The summed E-state index contributed by atoms with van der Waals surface area (Å²) >= 11 is 9.41. The molecule has 1 N–H and O–H groups in total. The molecule has 0 aliphatic carbocycles. The number of nitrogens with one attached hydrogen (secondary N) is 1. The van der Waals surface area contributed by atoms with Crippen molar-refractivity contribution in [2.24, 2.45) is 0 Å². The first kappa shape index (κ1) is 15.1. The molecular formula is C16H15BrClNO. The summed E-state index contributed by atoms with van der Waals surface area (Å²) in [5, 5.41) is 4.77. The van der Waals surface area contributed by atoms with Crippen LogP contribution in [-0.4, -0.2) is 17.7 Å². The van der Waals surface area contributed by atoms with Crippen molar-refractivity contribution in [1.29, 1.82) is 0 Å². The Labute approximate surface area is 132 Å². The summed E-state index contributed by atoms with van der Waals surface area (Å²) in [5.74, 6) is -0.0190. The highest BCUT2D eigenvalue weighted by Crippen LogP contribution is 2.23. The van der Waals surface area contributed by atoms with Crippen molar-refractivity contribution in [3.63, 3.8) is 0 Å². The van der Waals surface area contributed by atoms with Crippen molar-refractivity contribution in [2.45, 2.75) is 6.42 Å². The maximum Gasteiger partial charge on any atom is 0.195 e. The quantitative estimate of drug-likeness (QED) is 0.461. The number of carbonyl (C=O) groups is 1. The fourth-order valence-electron chi connectivity index (χ4n) is 1.89. The molecular weight excluding hydrogens is 338 g/mol. The van der Waals surface area contributed by atoms with Crippen LogP contribution >= 0.6 is 27.5 Å². The monoisotopic (exact) mass is 351 g/mol. The summed E-state index contributed by atoms with van der Waals surface area (Å²) in [6, 6.07) is 14.6. The van der Waals surface area contributed by atoms with Crippen molar-refractivity contribution in [1.82, 2.24) is 0 Å². The second-order valence-electron chi connectivity index (χ2n) is 4.35. The molecule has 0 amide bonds. The maximum absolute atomic E-state index is 12.5. The summed E-state index contributed by atoms with van der Waals surface area (Å²) in [6.45, 7) is 0.807. The number of rotatable bonds is 6. The second-order valence-corrected chi connectivity index (χ2v) is 5.58. The van der Waals surface area contributed by atoms with Crippen LogP contribution in [0.4, 0.5) is 5.69 Å². The van der Waals surface area contributed by atoms with Crippen molar-refractivity contribution in [2.75, 3.05) is 17.2 Å². The summed E-state index contributed by atoms with van der Waals surface area (Å²) in [6.07, 6.45) is 0.988. The minimum Gasteiger partial charge on any atom is -0.384 e. The zero-order chi connectivity index (χ0) is 14.4. The van der Waals surface area contributed by atoms with Crippen LogP contribution in [0.3, 0.4) is 0 Å². The van der Waals surface area contributed by atoms with Crippen LogP contribution in [0.5, 0.6) is 0 Å². The van der Waals surface area contributed by atoms with E-state index in [2.05, 4.69) is 21.2 Å². The van der Waals surface area contributed by atoms with Crippen LogP contribution in [0.15, 0.2) is 48.5 Å². The first-order valence-electron chi connectivity index (χ1n) is 6.41. The second kappa shape index (κ2) is 7.46. The number of halogens is 2. The highest BCUT2D eigenvalue weighted by molar-refractivity contribution is 9.09. The van der Waals surface area contributed by atoms with Crippen molar-refractivity contribution in [3.8, 4) is 0 Å². The Bertz CT molecular complexity index is 586. The van der Waals surface area contributed by atoms with Crippen molar-refractivity contribution >= 4 is 39.0 Å². The lowest BCUT2D eigenvalue weighted by Crippen LogP contribution is -2.09. The Morgan fingerprint density at radius 1 is 1.15 bits per heavy atom. The summed E-state index contributed by atoms with van der Waals surface area (Å²) in [7, 11) is 0. The Morgan fingerprint density at radius 3 is 2.60 bits per heavy atom. The van der Waals surface area contributed by atoms with E-state index in [-0.39, 0.29) is 5.78 Å². The van der Waals surface area contributed by atoms with E-state index in [0.29, 0.717) is 16.1 Å². The molecule has 0 bridgehead atoms. The standard InChI is InChI=1S/C16H15BrClNO/c17-9-4-10-19-15-8-7-13(18)11-14(15)16(20)12-5-2-1-3-6-12/h1-3,5-8,11,19H,4,9-10H2. The van der Waals surface area contributed by atoms with Crippen molar-refractivity contribution in [3.05, 3.63) is 64.7 Å². The molecule has 0 saturated heterocycles. The summed E-state index contributed by atoms with van der Waals surface area (Å²) in [4.78, 5) is 12.5. The average Bonchev–Trinajstić information content (AvgIpc) is 2.49. The van der Waals surface area contributed by atoms with Gasteiger partial charge < -0.3 is 5.32 Å². The SMILES string of the molecule is O=C(c1ccccc1)c1cc(Cl)ccc1NCCCBr. The smallest absolute Gasteiger partial charge is 0.195 e. The maximum atomic E-state index is 12.5. The van der Waals surface area contributed by atoms with Gasteiger partial charge in [-0.2, -0.15) is 0 Å². The van der Waals surface area contributed by atoms with Crippen LogP contribution in [0, 0.1) is 0 Å². The van der Waals surface area contributed by atoms with Crippen LogP contribution in [0.2, 0.25) is 5.02 Å². The zero-order valence-corrected chi connectivity index (χ0v) is 13.2. The van der Waals surface area contributed by atoms with Gasteiger partial charge in [-0.3, -0.25) is 4.79 Å². The molecule has 0 spiro atoms. The molecule has 0 atom stereocenters. The van der Waals surface area contributed by atoms with Gasteiger partial charge >= 0.3 is 0 Å². The Hall–Kier alpha value is -1.32. The minimum atomic E-state index is -0.0190. The molecule has 0 aliphatic heterocycles. The Balaban J connectivity index is 2.29. The number of anilines is 1. The van der Waals surface area contributed by atoms with Crippen LogP contribution in [0.25, 0.3) is 0 Å². The van der Waals surface area contributed by atoms with Gasteiger partial charge in [0.2, 0.25) is 0 Å². The van der Waals surface area contributed by atoms with E-state index in [0.717, 1.165) is 24.0 Å². The molecule has 0 radical (unpaired) electrons. The lowest BCUT2D eigenvalue weighted by Gasteiger charge is -2.11. The van der Waals surface area contributed by atoms with E-state index < -0.39 is 0 Å². The van der Waals surface area contributed by atoms with Crippen molar-refractivity contribution < 1.29 is 4.79 Å². The highest BCUT2D eigenvalue weighted by Gasteiger charge is 2.13. The number of benzene rings is 2. The predicted molar refractivity (Wildman–Crippen MR) is 88.2 cm³/mol. The number of hydrogen-bond donors (Lipinski definition) is 1.